The summed E-state index contributed by atoms with van der Waals surface area (Å²) in [7, 11) is 0. The normalized spacial score (nSPS) is 14.6. The molecule has 0 radical (unpaired) electrons. The molecule has 4 rings (SSSR count). The van der Waals surface area contributed by atoms with Gasteiger partial charge in [0.1, 0.15) is 5.82 Å². The molecule has 2 aromatic carbocycles. The molecule has 0 aliphatic carbocycles. The zero-order chi connectivity index (χ0) is 18.3. The summed E-state index contributed by atoms with van der Waals surface area (Å²) in [6, 6.07) is 22.9. The van der Waals surface area contributed by atoms with Gasteiger partial charge in [0, 0.05) is 31.3 Å². The molecule has 4 heteroatoms. The van der Waals surface area contributed by atoms with Gasteiger partial charge >= 0.3 is 0 Å². The third kappa shape index (κ3) is 4.64. The average Bonchev–Trinajstić information content (AvgIpc) is 3.03. The van der Waals surface area contributed by atoms with E-state index in [0.717, 1.165) is 36.7 Å². The van der Waals surface area contributed by atoms with Gasteiger partial charge in [-0.2, -0.15) is 4.98 Å². The maximum atomic E-state index is 4.84. The fourth-order valence-corrected chi connectivity index (χ4v) is 3.51. The molecule has 1 aromatic heterocycles. The van der Waals surface area contributed by atoms with Crippen LogP contribution >= 0.6 is 0 Å². The second-order valence-electron chi connectivity index (χ2n) is 7.04. The lowest BCUT2D eigenvalue weighted by Crippen LogP contribution is -2.25. The highest BCUT2D eigenvalue weighted by Gasteiger charge is 2.14. The van der Waals surface area contributed by atoms with E-state index >= 15 is 0 Å². The predicted octanol–water partition coefficient (Wildman–Crippen LogP) is 5.14. The molecule has 1 aliphatic rings. The van der Waals surface area contributed by atoms with Crippen LogP contribution in [0.1, 0.15) is 31.2 Å². The molecule has 1 N–H and O–H groups in total. The largest absolute Gasteiger partial charge is 0.356 e. The van der Waals surface area contributed by atoms with Crippen LogP contribution in [0.2, 0.25) is 0 Å². The molecule has 0 atom stereocenters. The molecule has 0 bridgehead atoms. The summed E-state index contributed by atoms with van der Waals surface area (Å²) in [6.45, 7) is 2.87. The topological polar surface area (TPSA) is 41.1 Å². The molecule has 138 valence electrons. The number of benzene rings is 2. The minimum Gasteiger partial charge on any atom is -0.356 e. The Morgan fingerprint density at radius 2 is 1.44 bits per heavy atom. The Morgan fingerprint density at radius 3 is 2.15 bits per heavy atom. The van der Waals surface area contributed by atoms with Gasteiger partial charge in [0.25, 0.3) is 0 Å². The first-order valence-electron chi connectivity index (χ1n) is 9.86. The van der Waals surface area contributed by atoms with Crippen LogP contribution in [-0.2, 0) is 6.54 Å². The van der Waals surface area contributed by atoms with Crippen LogP contribution in [0.5, 0.6) is 0 Å². The molecule has 0 spiro atoms. The number of nitrogens with one attached hydrogen (secondary N) is 1. The molecule has 3 aromatic rings. The minimum absolute atomic E-state index is 0.694. The van der Waals surface area contributed by atoms with Crippen LogP contribution in [0.3, 0.4) is 0 Å². The first-order valence-corrected chi connectivity index (χ1v) is 9.86. The highest BCUT2D eigenvalue weighted by Crippen LogP contribution is 2.25. The molecule has 1 saturated heterocycles. The molecule has 2 heterocycles. The zero-order valence-electron chi connectivity index (χ0n) is 15.6. The highest BCUT2D eigenvalue weighted by molar-refractivity contribution is 5.64. The summed E-state index contributed by atoms with van der Waals surface area (Å²) in [6.07, 6.45) is 5.09. The van der Waals surface area contributed by atoms with Gasteiger partial charge in [-0.05, 0) is 18.4 Å². The molecule has 1 aliphatic heterocycles. The van der Waals surface area contributed by atoms with Crippen molar-refractivity contribution in [3.8, 4) is 11.3 Å². The van der Waals surface area contributed by atoms with E-state index in [1.54, 1.807) is 0 Å². The Kier molecular flexibility index (Phi) is 5.63. The van der Waals surface area contributed by atoms with Crippen LogP contribution in [0.4, 0.5) is 11.8 Å². The lowest BCUT2D eigenvalue weighted by atomic mass is 10.1. The summed E-state index contributed by atoms with van der Waals surface area (Å²) in [5.74, 6) is 1.72. The summed E-state index contributed by atoms with van der Waals surface area (Å²) >= 11 is 0. The van der Waals surface area contributed by atoms with Gasteiger partial charge in [0.15, 0.2) is 0 Å². The lowest BCUT2D eigenvalue weighted by Gasteiger charge is -2.22. The highest BCUT2D eigenvalue weighted by atomic mass is 15.2. The second-order valence-corrected chi connectivity index (χ2v) is 7.04. The van der Waals surface area contributed by atoms with Crippen molar-refractivity contribution in [2.24, 2.45) is 0 Å². The number of anilines is 2. The SMILES string of the molecule is c1ccc(CNc2nc(-c3ccccc3)cc(N3CCCCCC3)n2)cc1. The summed E-state index contributed by atoms with van der Waals surface area (Å²) in [5.41, 5.74) is 3.32. The molecular formula is C23H26N4. The standard InChI is InChI=1S/C23H26N4/c1-2-10-16-27(15-9-1)22-17-21(20-13-7-4-8-14-20)25-23(26-22)24-18-19-11-5-3-6-12-19/h3-8,11-14,17H,1-2,9-10,15-16,18H2,(H,24,25,26). The van der Waals surface area contributed by atoms with Gasteiger partial charge in [-0.15, -0.1) is 0 Å². The Balaban J connectivity index is 1.63. The van der Waals surface area contributed by atoms with Crippen LogP contribution < -0.4 is 10.2 Å². The van der Waals surface area contributed by atoms with Crippen molar-refractivity contribution >= 4 is 11.8 Å². The van der Waals surface area contributed by atoms with E-state index in [9.17, 15) is 0 Å². The smallest absolute Gasteiger partial charge is 0.225 e. The molecular weight excluding hydrogens is 332 g/mol. The second kappa shape index (κ2) is 8.67. The molecule has 0 saturated carbocycles. The Bertz CT molecular complexity index is 841. The van der Waals surface area contributed by atoms with Crippen molar-refractivity contribution in [2.45, 2.75) is 32.2 Å². The van der Waals surface area contributed by atoms with Gasteiger partial charge in [-0.3, -0.25) is 0 Å². The maximum Gasteiger partial charge on any atom is 0.225 e. The van der Waals surface area contributed by atoms with Crippen molar-refractivity contribution in [1.82, 2.24) is 9.97 Å². The Morgan fingerprint density at radius 1 is 0.778 bits per heavy atom. The van der Waals surface area contributed by atoms with Crippen LogP contribution in [0.15, 0.2) is 66.7 Å². The van der Waals surface area contributed by atoms with Crippen LogP contribution in [0, 0.1) is 0 Å². The minimum atomic E-state index is 0.694. The van der Waals surface area contributed by atoms with E-state index in [1.165, 1.54) is 31.2 Å². The number of aromatic nitrogens is 2. The summed E-state index contributed by atoms with van der Waals surface area (Å²) in [4.78, 5) is 12.0. The van der Waals surface area contributed by atoms with Crippen molar-refractivity contribution in [2.75, 3.05) is 23.3 Å². The van der Waals surface area contributed by atoms with Crippen molar-refractivity contribution < 1.29 is 0 Å². The van der Waals surface area contributed by atoms with E-state index in [2.05, 4.69) is 64.8 Å². The number of nitrogens with zero attached hydrogens (tertiary/aromatic N) is 3. The first-order chi connectivity index (χ1) is 13.4. The monoisotopic (exact) mass is 358 g/mol. The van der Waals surface area contributed by atoms with Crippen LogP contribution in [0.25, 0.3) is 11.3 Å². The Labute approximate surface area is 161 Å². The fourth-order valence-electron chi connectivity index (χ4n) is 3.51. The predicted molar refractivity (Wildman–Crippen MR) is 112 cm³/mol. The van der Waals surface area contributed by atoms with Crippen LogP contribution in [-0.4, -0.2) is 23.1 Å². The van der Waals surface area contributed by atoms with E-state index in [1.807, 2.05) is 12.1 Å². The van der Waals surface area contributed by atoms with E-state index < -0.39 is 0 Å². The zero-order valence-corrected chi connectivity index (χ0v) is 15.6. The van der Waals surface area contributed by atoms with Gasteiger partial charge in [0.05, 0.1) is 5.69 Å². The first kappa shape index (κ1) is 17.5. The number of hydrogen-bond donors (Lipinski definition) is 1. The summed E-state index contributed by atoms with van der Waals surface area (Å²) < 4.78 is 0. The molecule has 27 heavy (non-hydrogen) atoms. The molecule has 0 unspecified atom stereocenters. The lowest BCUT2D eigenvalue weighted by molar-refractivity contribution is 0.726. The quantitative estimate of drug-likeness (QED) is 0.686. The van der Waals surface area contributed by atoms with E-state index in [4.69, 9.17) is 9.97 Å². The number of rotatable bonds is 5. The third-order valence-electron chi connectivity index (χ3n) is 5.01. The average molecular weight is 358 g/mol. The molecule has 0 amide bonds. The third-order valence-corrected chi connectivity index (χ3v) is 5.01. The maximum absolute atomic E-state index is 4.84. The van der Waals surface area contributed by atoms with E-state index in [-0.39, 0.29) is 0 Å². The van der Waals surface area contributed by atoms with Crippen molar-refractivity contribution in [3.63, 3.8) is 0 Å². The Hall–Kier alpha value is -2.88. The van der Waals surface area contributed by atoms with Crippen molar-refractivity contribution in [1.29, 1.82) is 0 Å². The summed E-state index contributed by atoms with van der Waals surface area (Å²) in [5, 5.41) is 3.42. The molecule has 4 nitrogen and oxygen atoms in total. The van der Waals surface area contributed by atoms with Gasteiger partial charge < -0.3 is 10.2 Å². The van der Waals surface area contributed by atoms with Gasteiger partial charge in [-0.25, -0.2) is 4.98 Å². The van der Waals surface area contributed by atoms with Gasteiger partial charge in [-0.1, -0.05) is 73.5 Å². The fraction of sp³-hybridized carbons (Fsp3) is 0.304. The van der Waals surface area contributed by atoms with Gasteiger partial charge in [0.2, 0.25) is 5.95 Å². The van der Waals surface area contributed by atoms with E-state index in [0.29, 0.717) is 5.95 Å². The molecule has 1 fully saturated rings. The number of hydrogen-bond acceptors (Lipinski definition) is 4. The van der Waals surface area contributed by atoms with Crippen molar-refractivity contribution in [3.05, 3.63) is 72.3 Å².